The Balaban J connectivity index is 1.78. The van der Waals surface area contributed by atoms with E-state index in [0.29, 0.717) is 5.41 Å². The van der Waals surface area contributed by atoms with Crippen molar-refractivity contribution in [3.05, 3.63) is 59.2 Å². The molecule has 1 fully saturated rings. The molecule has 0 amide bonds. The number of hydrogen-bond acceptors (Lipinski definition) is 0. The van der Waals surface area contributed by atoms with Crippen molar-refractivity contribution in [3.63, 3.8) is 0 Å². The van der Waals surface area contributed by atoms with Crippen LogP contribution in [0.1, 0.15) is 48.8 Å². The van der Waals surface area contributed by atoms with Crippen molar-refractivity contribution >= 4 is 0 Å². The Bertz CT molecular complexity index is 645. The van der Waals surface area contributed by atoms with Crippen LogP contribution in [0.15, 0.2) is 42.5 Å². The molecule has 0 heteroatoms. The third kappa shape index (κ3) is 1.74. The van der Waals surface area contributed by atoms with E-state index in [2.05, 4.69) is 49.4 Å². The molecule has 4 rings (SSSR count). The lowest BCUT2D eigenvalue weighted by atomic mass is 9.80. The minimum atomic E-state index is 0.555. The Morgan fingerprint density at radius 1 is 0.900 bits per heavy atom. The van der Waals surface area contributed by atoms with Crippen molar-refractivity contribution < 1.29 is 0 Å². The lowest BCUT2D eigenvalue weighted by Crippen LogP contribution is -2.17. The summed E-state index contributed by atoms with van der Waals surface area (Å²) < 4.78 is 0. The van der Waals surface area contributed by atoms with E-state index in [9.17, 15) is 0 Å². The number of rotatable bonds is 1. The molecule has 2 aliphatic rings. The SMILES string of the molecule is Cc1ccccc1-c1ccc2c(c1)CCC21CCCC1. The van der Waals surface area contributed by atoms with Gasteiger partial charge in [0.1, 0.15) is 0 Å². The summed E-state index contributed by atoms with van der Waals surface area (Å²) in [5.74, 6) is 0. The Hall–Kier alpha value is -1.56. The minimum absolute atomic E-state index is 0.555. The van der Waals surface area contributed by atoms with Gasteiger partial charge in [-0.25, -0.2) is 0 Å². The van der Waals surface area contributed by atoms with E-state index in [-0.39, 0.29) is 0 Å². The summed E-state index contributed by atoms with van der Waals surface area (Å²) in [5, 5.41) is 0. The van der Waals surface area contributed by atoms with Crippen LogP contribution < -0.4 is 0 Å². The van der Waals surface area contributed by atoms with Crippen LogP contribution in [0.2, 0.25) is 0 Å². The van der Waals surface area contributed by atoms with Crippen LogP contribution in [0.25, 0.3) is 11.1 Å². The molecule has 102 valence electrons. The summed E-state index contributed by atoms with van der Waals surface area (Å²) >= 11 is 0. The molecule has 0 aliphatic heterocycles. The van der Waals surface area contributed by atoms with E-state index in [1.165, 1.54) is 55.2 Å². The number of benzene rings is 2. The van der Waals surface area contributed by atoms with Gasteiger partial charge >= 0.3 is 0 Å². The average molecular weight is 262 g/mol. The van der Waals surface area contributed by atoms with Gasteiger partial charge in [-0.2, -0.15) is 0 Å². The van der Waals surface area contributed by atoms with Gasteiger partial charge in [-0.3, -0.25) is 0 Å². The highest BCUT2D eigenvalue weighted by molar-refractivity contribution is 5.69. The summed E-state index contributed by atoms with van der Waals surface area (Å²) in [6.45, 7) is 2.21. The number of fused-ring (bicyclic) bond motifs is 2. The van der Waals surface area contributed by atoms with Crippen LogP contribution in [0.4, 0.5) is 0 Å². The van der Waals surface area contributed by atoms with E-state index in [1.54, 1.807) is 11.1 Å². The number of hydrogen-bond donors (Lipinski definition) is 0. The fourth-order valence-electron chi connectivity index (χ4n) is 4.46. The van der Waals surface area contributed by atoms with Gasteiger partial charge in [0.15, 0.2) is 0 Å². The van der Waals surface area contributed by atoms with Gasteiger partial charge < -0.3 is 0 Å². The molecule has 0 heterocycles. The molecular weight excluding hydrogens is 240 g/mol. The van der Waals surface area contributed by atoms with Gasteiger partial charge in [-0.05, 0) is 65.8 Å². The van der Waals surface area contributed by atoms with Crippen LogP contribution in [0.5, 0.6) is 0 Å². The highest BCUT2D eigenvalue weighted by Crippen LogP contribution is 2.50. The highest BCUT2D eigenvalue weighted by atomic mass is 14.4. The smallest absolute Gasteiger partial charge is 0.00411 e. The second kappa shape index (κ2) is 4.48. The monoisotopic (exact) mass is 262 g/mol. The summed E-state index contributed by atoms with van der Waals surface area (Å²) in [6, 6.07) is 16.0. The fourth-order valence-corrected chi connectivity index (χ4v) is 4.46. The van der Waals surface area contributed by atoms with Gasteiger partial charge in [0.2, 0.25) is 0 Å². The minimum Gasteiger partial charge on any atom is -0.0620 e. The first-order chi connectivity index (χ1) is 9.78. The van der Waals surface area contributed by atoms with Crippen LogP contribution in [-0.4, -0.2) is 0 Å². The van der Waals surface area contributed by atoms with Crippen molar-refractivity contribution in [2.75, 3.05) is 0 Å². The van der Waals surface area contributed by atoms with Gasteiger partial charge in [0, 0.05) is 0 Å². The summed E-state index contributed by atoms with van der Waals surface area (Å²) in [6.07, 6.45) is 8.38. The molecule has 0 N–H and O–H groups in total. The van der Waals surface area contributed by atoms with Gasteiger partial charge in [0.05, 0.1) is 0 Å². The Kier molecular flexibility index (Phi) is 2.73. The molecule has 0 radical (unpaired) electrons. The second-order valence-electron chi connectivity index (χ2n) is 6.67. The molecule has 1 spiro atoms. The van der Waals surface area contributed by atoms with Crippen molar-refractivity contribution in [1.82, 2.24) is 0 Å². The molecule has 20 heavy (non-hydrogen) atoms. The Labute approximate surface area is 121 Å². The van der Waals surface area contributed by atoms with Crippen LogP contribution >= 0.6 is 0 Å². The Morgan fingerprint density at radius 2 is 1.70 bits per heavy atom. The molecule has 0 unspecified atom stereocenters. The fraction of sp³-hybridized carbons (Fsp3) is 0.400. The summed E-state index contributed by atoms with van der Waals surface area (Å²) in [7, 11) is 0. The van der Waals surface area contributed by atoms with Crippen LogP contribution in [0, 0.1) is 6.92 Å². The predicted octanol–water partition coefficient (Wildman–Crippen LogP) is 5.42. The molecule has 0 nitrogen and oxygen atoms in total. The van der Waals surface area contributed by atoms with E-state index in [0.717, 1.165) is 0 Å². The van der Waals surface area contributed by atoms with Gasteiger partial charge in [-0.15, -0.1) is 0 Å². The lowest BCUT2D eigenvalue weighted by Gasteiger charge is -2.24. The van der Waals surface area contributed by atoms with E-state index >= 15 is 0 Å². The molecule has 1 saturated carbocycles. The van der Waals surface area contributed by atoms with Crippen molar-refractivity contribution in [2.45, 2.75) is 50.9 Å². The normalized spacial score (nSPS) is 19.4. The molecule has 0 bridgehead atoms. The largest absolute Gasteiger partial charge is 0.0620 e. The maximum atomic E-state index is 2.46. The second-order valence-corrected chi connectivity index (χ2v) is 6.67. The Morgan fingerprint density at radius 3 is 2.50 bits per heavy atom. The van der Waals surface area contributed by atoms with E-state index in [4.69, 9.17) is 0 Å². The summed E-state index contributed by atoms with van der Waals surface area (Å²) in [4.78, 5) is 0. The molecule has 2 aromatic rings. The zero-order valence-electron chi connectivity index (χ0n) is 12.3. The summed E-state index contributed by atoms with van der Waals surface area (Å²) in [5.41, 5.74) is 8.01. The molecule has 0 saturated heterocycles. The van der Waals surface area contributed by atoms with E-state index in [1.807, 2.05) is 0 Å². The highest BCUT2D eigenvalue weighted by Gasteiger charge is 2.40. The zero-order chi connectivity index (χ0) is 13.6. The standard InChI is InChI=1S/C20H22/c1-15-6-2-3-7-18(15)16-8-9-19-17(14-16)10-13-20(19)11-4-5-12-20/h2-3,6-9,14H,4-5,10-13H2,1H3. The van der Waals surface area contributed by atoms with Gasteiger partial charge in [-0.1, -0.05) is 55.3 Å². The molecule has 0 atom stereocenters. The maximum Gasteiger partial charge on any atom is -0.00411 e. The van der Waals surface area contributed by atoms with Crippen molar-refractivity contribution in [3.8, 4) is 11.1 Å². The molecule has 2 aromatic carbocycles. The third-order valence-corrected chi connectivity index (χ3v) is 5.57. The third-order valence-electron chi connectivity index (χ3n) is 5.57. The predicted molar refractivity (Wildman–Crippen MR) is 85.1 cm³/mol. The zero-order valence-corrected chi connectivity index (χ0v) is 12.3. The van der Waals surface area contributed by atoms with Crippen molar-refractivity contribution in [2.24, 2.45) is 0 Å². The molecule has 2 aliphatic carbocycles. The first-order valence-electron chi connectivity index (χ1n) is 7.98. The number of aryl methyl sites for hydroxylation is 2. The average Bonchev–Trinajstić information content (AvgIpc) is 3.09. The quantitative estimate of drug-likeness (QED) is 0.643. The van der Waals surface area contributed by atoms with E-state index < -0.39 is 0 Å². The molecular formula is C20H22. The van der Waals surface area contributed by atoms with Crippen LogP contribution in [-0.2, 0) is 11.8 Å². The van der Waals surface area contributed by atoms with Crippen LogP contribution in [0.3, 0.4) is 0 Å². The van der Waals surface area contributed by atoms with Crippen molar-refractivity contribution in [1.29, 1.82) is 0 Å². The first-order valence-corrected chi connectivity index (χ1v) is 7.98. The topological polar surface area (TPSA) is 0 Å². The maximum absolute atomic E-state index is 2.46. The first kappa shape index (κ1) is 12.2. The molecule has 0 aromatic heterocycles. The lowest BCUT2D eigenvalue weighted by molar-refractivity contribution is 0.439. The van der Waals surface area contributed by atoms with Gasteiger partial charge in [0.25, 0.3) is 0 Å².